The highest BCUT2D eigenvalue weighted by Crippen LogP contribution is 2.52. The first kappa shape index (κ1) is 24.6. The van der Waals surface area contributed by atoms with Crippen LogP contribution in [0.5, 0.6) is 5.75 Å². The molecule has 0 spiro atoms. The van der Waals surface area contributed by atoms with Crippen LogP contribution in [0.15, 0.2) is 54.6 Å². The van der Waals surface area contributed by atoms with Crippen LogP contribution in [0.3, 0.4) is 0 Å². The van der Waals surface area contributed by atoms with Gasteiger partial charge < -0.3 is 15.2 Å². The second kappa shape index (κ2) is 9.24. The molecule has 35 heavy (non-hydrogen) atoms. The summed E-state index contributed by atoms with van der Waals surface area (Å²) >= 11 is 12.9. The van der Waals surface area contributed by atoms with Gasteiger partial charge in [-0.1, -0.05) is 48.3 Å². The van der Waals surface area contributed by atoms with Crippen LogP contribution >= 0.6 is 23.2 Å². The molecular weight excluding hydrogens is 491 g/mol. The number of nitrogens with one attached hydrogen (secondary N) is 1. The zero-order valence-electron chi connectivity index (χ0n) is 19.2. The van der Waals surface area contributed by atoms with E-state index in [1.807, 2.05) is 0 Å². The standard InChI is InChI=1S/C26H22Cl2N2O5/c1-4-22(31)29-26(17-7-5-6-8-19(17)28)18-13-15(27)9-11-20(18)30(25(26)34)21-12-10-16(24(32)33)14(2)23(21)35-3/h5-13H,4H2,1-3H3,(H,29,31)(H,32,33). The lowest BCUT2D eigenvalue weighted by Gasteiger charge is -2.31. The van der Waals surface area contributed by atoms with Crippen molar-refractivity contribution < 1.29 is 24.2 Å². The molecule has 4 rings (SSSR count). The van der Waals surface area contributed by atoms with Gasteiger partial charge in [0.2, 0.25) is 5.91 Å². The second-order valence-electron chi connectivity index (χ2n) is 8.03. The van der Waals surface area contributed by atoms with E-state index in [1.165, 1.54) is 24.1 Å². The molecule has 1 unspecified atom stereocenters. The number of nitrogens with zero attached hydrogens (tertiary/aromatic N) is 1. The van der Waals surface area contributed by atoms with Gasteiger partial charge in [-0.3, -0.25) is 14.5 Å². The fourth-order valence-electron chi connectivity index (χ4n) is 4.49. The number of methoxy groups -OCH3 is 1. The molecule has 1 aliphatic heterocycles. The monoisotopic (exact) mass is 512 g/mol. The number of carboxylic acid groups (broad SMARTS) is 1. The molecule has 1 aliphatic rings. The summed E-state index contributed by atoms with van der Waals surface area (Å²) in [7, 11) is 1.40. The summed E-state index contributed by atoms with van der Waals surface area (Å²) in [6.45, 7) is 3.29. The van der Waals surface area contributed by atoms with Crippen molar-refractivity contribution in [2.45, 2.75) is 25.8 Å². The lowest BCUT2D eigenvalue weighted by molar-refractivity contribution is -0.129. The van der Waals surface area contributed by atoms with Gasteiger partial charge in [-0.15, -0.1) is 0 Å². The summed E-state index contributed by atoms with van der Waals surface area (Å²) in [6, 6.07) is 14.6. The first-order valence-corrected chi connectivity index (χ1v) is 11.5. The van der Waals surface area contributed by atoms with E-state index >= 15 is 0 Å². The number of carbonyl (C=O) groups excluding carboxylic acids is 2. The van der Waals surface area contributed by atoms with Crippen LogP contribution < -0.4 is 15.0 Å². The Kier molecular flexibility index (Phi) is 6.49. The molecule has 2 amide bonds. The van der Waals surface area contributed by atoms with Crippen molar-refractivity contribution in [1.29, 1.82) is 0 Å². The van der Waals surface area contributed by atoms with Gasteiger partial charge in [0.1, 0.15) is 5.75 Å². The maximum atomic E-state index is 14.4. The average Bonchev–Trinajstić information content (AvgIpc) is 3.06. The molecule has 0 saturated carbocycles. The molecule has 7 nitrogen and oxygen atoms in total. The average molecular weight is 513 g/mol. The smallest absolute Gasteiger partial charge is 0.336 e. The third-order valence-electron chi connectivity index (χ3n) is 6.11. The largest absolute Gasteiger partial charge is 0.494 e. The summed E-state index contributed by atoms with van der Waals surface area (Å²) in [6.07, 6.45) is 0.130. The molecule has 0 aromatic heterocycles. The molecule has 0 saturated heterocycles. The molecule has 9 heteroatoms. The number of hydrogen-bond acceptors (Lipinski definition) is 4. The lowest BCUT2D eigenvalue weighted by atomic mass is 9.83. The molecule has 1 atom stereocenters. The highest BCUT2D eigenvalue weighted by Gasteiger charge is 2.55. The number of hydrogen-bond donors (Lipinski definition) is 2. The number of carboxylic acids is 1. The Balaban J connectivity index is 2.07. The zero-order chi connectivity index (χ0) is 25.5. The Hall–Kier alpha value is -3.55. The van der Waals surface area contributed by atoms with Crippen LogP contribution in [0.4, 0.5) is 11.4 Å². The Labute approximate surface area is 212 Å². The van der Waals surface area contributed by atoms with E-state index in [4.69, 9.17) is 27.9 Å². The van der Waals surface area contributed by atoms with Crippen molar-refractivity contribution in [3.63, 3.8) is 0 Å². The fraction of sp³-hybridized carbons (Fsp3) is 0.192. The molecule has 0 bridgehead atoms. The van der Waals surface area contributed by atoms with E-state index < -0.39 is 17.4 Å². The number of amides is 2. The SMILES string of the molecule is CCC(=O)NC1(c2ccccc2Cl)C(=O)N(c2ccc(C(=O)O)c(C)c2OC)c2ccc(Cl)cc21. The quantitative estimate of drug-likeness (QED) is 0.457. The first-order chi connectivity index (χ1) is 16.7. The van der Waals surface area contributed by atoms with Gasteiger partial charge in [-0.2, -0.15) is 0 Å². The Bertz CT molecular complexity index is 1370. The maximum Gasteiger partial charge on any atom is 0.336 e. The van der Waals surface area contributed by atoms with Gasteiger partial charge in [0, 0.05) is 33.2 Å². The summed E-state index contributed by atoms with van der Waals surface area (Å²) in [5.74, 6) is -1.77. The molecular formula is C26H22Cl2N2O5. The van der Waals surface area contributed by atoms with Crippen LogP contribution in [0.1, 0.15) is 40.4 Å². The zero-order valence-corrected chi connectivity index (χ0v) is 20.7. The van der Waals surface area contributed by atoms with Crippen molar-refractivity contribution in [3.05, 3.63) is 86.9 Å². The van der Waals surface area contributed by atoms with Gasteiger partial charge in [-0.05, 0) is 43.3 Å². The highest BCUT2D eigenvalue weighted by molar-refractivity contribution is 6.33. The molecule has 1 heterocycles. The first-order valence-electron chi connectivity index (χ1n) is 10.8. The lowest BCUT2D eigenvalue weighted by Crippen LogP contribution is -2.53. The van der Waals surface area contributed by atoms with Gasteiger partial charge >= 0.3 is 5.97 Å². The van der Waals surface area contributed by atoms with E-state index in [1.54, 1.807) is 56.3 Å². The van der Waals surface area contributed by atoms with E-state index in [0.29, 0.717) is 33.1 Å². The number of halogens is 2. The van der Waals surface area contributed by atoms with Crippen molar-refractivity contribution >= 4 is 52.4 Å². The van der Waals surface area contributed by atoms with Crippen molar-refractivity contribution in [2.24, 2.45) is 0 Å². The Morgan fingerprint density at radius 1 is 1.06 bits per heavy atom. The molecule has 180 valence electrons. The van der Waals surface area contributed by atoms with Crippen molar-refractivity contribution in [3.8, 4) is 5.75 Å². The molecule has 3 aromatic carbocycles. The number of benzene rings is 3. The summed E-state index contributed by atoms with van der Waals surface area (Å²) in [5, 5.41) is 13.1. The predicted molar refractivity (Wildman–Crippen MR) is 134 cm³/mol. The van der Waals surface area contributed by atoms with Crippen LogP contribution in [0.25, 0.3) is 0 Å². The van der Waals surface area contributed by atoms with E-state index in [9.17, 15) is 19.5 Å². The molecule has 3 aromatic rings. The number of ether oxygens (including phenoxy) is 1. The van der Waals surface area contributed by atoms with Gasteiger partial charge in [0.05, 0.1) is 24.0 Å². The second-order valence-corrected chi connectivity index (χ2v) is 8.87. The summed E-state index contributed by atoms with van der Waals surface area (Å²) in [4.78, 5) is 40.3. The molecule has 2 N–H and O–H groups in total. The third-order valence-corrected chi connectivity index (χ3v) is 6.68. The van der Waals surface area contributed by atoms with Crippen LogP contribution in [-0.2, 0) is 15.1 Å². The molecule has 0 fully saturated rings. The third kappa shape index (κ3) is 3.81. The summed E-state index contributed by atoms with van der Waals surface area (Å²) < 4.78 is 5.57. The number of aromatic carboxylic acids is 1. The molecule has 0 aliphatic carbocycles. The minimum Gasteiger partial charge on any atom is -0.494 e. The minimum absolute atomic E-state index is 0.0465. The minimum atomic E-state index is -1.67. The van der Waals surface area contributed by atoms with Crippen LogP contribution in [-0.4, -0.2) is 30.0 Å². The van der Waals surface area contributed by atoms with Gasteiger partial charge in [0.15, 0.2) is 5.54 Å². The normalized spacial score (nSPS) is 16.7. The Morgan fingerprint density at radius 2 is 1.74 bits per heavy atom. The number of anilines is 2. The van der Waals surface area contributed by atoms with Crippen molar-refractivity contribution in [1.82, 2.24) is 5.32 Å². The van der Waals surface area contributed by atoms with E-state index in [2.05, 4.69) is 5.32 Å². The topological polar surface area (TPSA) is 95.9 Å². The van der Waals surface area contributed by atoms with Gasteiger partial charge in [-0.25, -0.2) is 4.79 Å². The highest BCUT2D eigenvalue weighted by atomic mass is 35.5. The summed E-state index contributed by atoms with van der Waals surface area (Å²) in [5.41, 5.74) is 0.332. The van der Waals surface area contributed by atoms with Crippen LogP contribution in [0, 0.1) is 6.92 Å². The van der Waals surface area contributed by atoms with Crippen molar-refractivity contribution in [2.75, 3.05) is 12.0 Å². The maximum absolute atomic E-state index is 14.4. The van der Waals surface area contributed by atoms with Crippen LogP contribution in [0.2, 0.25) is 10.0 Å². The van der Waals surface area contributed by atoms with Gasteiger partial charge in [0.25, 0.3) is 5.91 Å². The predicted octanol–water partition coefficient (Wildman–Crippen LogP) is 5.46. The molecule has 0 radical (unpaired) electrons. The fourth-order valence-corrected chi connectivity index (χ4v) is 4.94. The Morgan fingerprint density at radius 3 is 2.37 bits per heavy atom. The number of carbonyl (C=O) groups is 3. The van der Waals surface area contributed by atoms with E-state index in [0.717, 1.165) is 0 Å². The van der Waals surface area contributed by atoms with E-state index in [-0.39, 0.29) is 28.7 Å². The number of fused-ring (bicyclic) bond motifs is 1. The number of rotatable bonds is 6.